The molecule has 0 saturated carbocycles. The quantitative estimate of drug-likeness (QED) is 0.550. The summed E-state index contributed by atoms with van der Waals surface area (Å²) < 4.78 is 0. The highest BCUT2D eigenvalue weighted by molar-refractivity contribution is 5.93. The number of nitrogens with zero attached hydrogens (tertiary/aromatic N) is 1. The molecule has 0 aliphatic rings. The summed E-state index contributed by atoms with van der Waals surface area (Å²) >= 11 is 0. The number of rotatable bonds is 2. The van der Waals surface area contributed by atoms with Crippen molar-refractivity contribution in [2.75, 3.05) is 0 Å². The van der Waals surface area contributed by atoms with Crippen molar-refractivity contribution in [3.63, 3.8) is 0 Å². The predicted molar refractivity (Wildman–Crippen MR) is 60.4 cm³/mol. The van der Waals surface area contributed by atoms with Crippen LogP contribution in [0.3, 0.4) is 0 Å². The molecule has 0 aliphatic carbocycles. The number of hydrogen-bond donors (Lipinski definition) is 2. The van der Waals surface area contributed by atoms with Gasteiger partial charge in [-0.25, -0.2) is 4.99 Å². The van der Waals surface area contributed by atoms with Gasteiger partial charge < -0.3 is 11.5 Å². The van der Waals surface area contributed by atoms with Crippen LogP contribution in [0.5, 0.6) is 0 Å². The molecule has 0 bridgehead atoms. The van der Waals surface area contributed by atoms with Gasteiger partial charge in [0.2, 0.25) is 0 Å². The van der Waals surface area contributed by atoms with Gasteiger partial charge in [-0.1, -0.05) is 17.7 Å². The first-order valence-corrected chi connectivity index (χ1v) is 4.42. The van der Waals surface area contributed by atoms with Gasteiger partial charge in [-0.2, -0.15) is 0 Å². The summed E-state index contributed by atoms with van der Waals surface area (Å²) in [4.78, 5) is 4.18. The lowest BCUT2D eigenvalue weighted by Crippen LogP contribution is -2.09. The number of hydrogen-bond acceptors (Lipinski definition) is 2. The van der Waals surface area contributed by atoms with Gasteiger partial charge in [0.1, 0.15) is 5.84 Å². The van der Waals surface area contributed by atoms with Crippen LogP contribution in [0.1, 0.15) is 12.5 Å². The van der Waals surface area contributed by atoms with Crippen molar-refractivity contribution in [1.82, 2.24) is 0 Å². The smallest absolute Gasteiger partial charge is 0.125 e. The molecular weight excluding hydrogens is 174 g/mol. The Labute approximate surface area is 84.1 Å². The molecule has 3 heteroatoms. The number of amidine groups is 1. The van der Waals surface area contributed by atoms with Crippen LogP contribution in [0.15, 0.2) is 41.0 Å². The Kier molecular flexibility index (Phi) is 3.29. The summed E-state index contributed by atoms with van der Waals surface area (Å²) in [6.07, 6.45) is 1.64. The first-order valence-electron chi connectivity index (χ1n) is 4.42. The minimum Gasteiger partial charge on any atom is -0.402 e. The molecule has 1 aromatic carbocycles. The van der Waals surface area contributed by atoms with E-state index in [-0.39, 0.29) is 0 Å². The van der Waals surface area contributed by atoms with Gasteiger partial charge >= 0.3 is 0 Å². The van der Waals surface area contributed by atoms with Crippen LogP contribution >= 0.6 is 0 Å². The number of aliphatic imine (C=N–C) groups is 1. The summed E-state index contributed by atoms with van der Waals surface area (Å²) in [5.41, 5.74) is 13.8. The van der Waals surface area contributed by atoms with Crippen molar-refractivity contribution in [3.05, 3.63) is 41.6 Å². The van der Waals surface area contributed by atoms with Crippen molar-refractivity contribution in [1.29, 1.82) is 0 Å². The third-order valence-corrected chi connectivity index (χ3v) is 1.67. The number of benzene rings is 1. The molecule has 0 atom stereocenters. The topological polar surface area (TPSA) is 64.4 Å². The van der Waals surface area contributed by atoms with Gasteiger partial charge in [-0.3, -0.25) is 0 Å². The van der Waals surface area contributed by atoms with Crippen molar-refractivity contribution in [3.8, 4) is 0 Å². The van der Waals surface area contributed by atoms with Gasteiger partial charge in [0, 0.05) is 5.70 Å². The highest BCUT2D eigenvalue weighted by Gasteiger charge is 1.90. The van der Waals surface area contributed by atoms with E-state index in [0.29, 0.717) is 11.5 Å². The maximum absolute atomic E-state index is 5.64. The molecule has 1 rings (SSSR count). The molecule has 0 unspecified atom stereocenters. The summed E-state index contributed by atoms with van der Waals surface area (Å²) in [5.74, 6) is 0.425. The second-order valence-electron chi connectivity index (χ2n) is 3.26. The second-order valence-corrected chi connectivity index (χ2v) is 3.26. The molecule has 3 nitrogen and oxygen atoms in total. The largest absolute Gasteiger partial charge is 0.402 e. The van der Waals surface area contributed by atoms with Crippen molar-refractivity contribution in [2.24, 2.45) is 16.5 Å². The summed E-state index contributed by atoms with van der Waals surface area (Å²) in [6.45, 7) is 3.80. The van der Waals surface area contributed by atoms with Gasteiger partial charge in [0.15, 0.2) is 0 Å². The van der Waals surface area contributed by atoms with Crippen molar-refractivity contribution >= 4 is 11.5 Å². The van der Waals surface area contributed by atoms with E-state index in [1.165, 1.54) is 5.56 Å². The molecular formula is C11H15N3. The fourth-order valence-electron chi connectivity index (χ4n) is 1.03. The lowest BCUT2D eigenvalue weighted by atomic mass is 10.2. The van der Waals surface area contributed by atoms with Crippen LogP contribution in [0.2, 0.25) is 0 Å². The van der Waals surface area contributed by atoms with Crippen molar-refractivity contribution in [2.45, 2.75) is 13.8 Å². The van der Waals surface area contributed by atoms with E-state index < -0.39 is 0 Å². The Hall–Kier alpha value is -1.77. The zero-order valence-electron chi connectivity index (χ0n) is 8.49. The van der Waals surface area contributed by atoms with Gasteiger partial charge in [0.05, 0.1) is 5.69 Å². The number of aryl methyl sites for hydroxylation is 1. The maximum Gasteiger partial charge on any atom is 0.125 e. The van der Waals surface area contributed by atoms with Crippen LogP contribution < -0.4 is 11.5 Å². The molecule has 0 saturated heterocycles. The molecule has 4 N–H and O–H groups in total. The zero-order valence-corrected chi connectivity index (χ0v) is 8.49. The van der Waals surface area contributed by atoms with Crippen LogP contribution in [0.4, 0.5) is 5.69 Å². The van der Waals surface area contributed by atoms with E-state index in [0.717, 1.165) is 5.69 Å². The molecule has 0 aromatic heterocycles. The molecule has 0 amide bonds. The first-order chi connectivity index (χ1) is 6.58. The fourth-order valence-corrected chi connectivity index (χ4v) is 1.03. The number of nitrogens with two attached hydrogens (primary N) is 2. The molecule has 1 aromatic rings. The van der Waals surface area contributed by atoms with Gasteiger partial charge in [0.25, 0.3) is 0 Å². The molecule has 74 valence electrons. The molecule has 0 spiro atoms. The second kappa shape index (κ2) is 4.46. The normalized spacial score (nSPS) is 13.0. The Balaban J connectivity index is 2.87. The summed E-state index contributed by atoms with van der Waals surface area (Å²) in [5, 5.41) is 0. The summed E-state index contributed by atoms with van der Waals surface area (Å²) in [6, 6.07) is 7.82. The van der Waals surface area contributed by atoms with Gasteiger partial charge in [-0.15, -0.1) is 0 Å². The van der Waals surface area contributed by atoms with Gasteiger partial charge in [-0.05, 0) is 32.1 Å². The zero-order chi connectivity index (χ0) is 10.6. The number of allylic oxidation sites excluding steroid dienone is 1. The molecule has 0 radical (unpaired) electrons. The lowest BCUT2D eigenvalue weighted by molar-refractivity contribution is 1.31. The fraction of sp³-hybridized carbons (Fsp3) is 0.182. The average Bonchev–Trinajstić information content (AvgIpc) is 2.07. The Morgan fingerprint density at radius 1 is 1.21 bits per heavy atom. The first kappa shape index (κ1) is 10.3. The molecule has 0 aliphatic heterocycles. The Bertz CT molecular complexity index is 357. The van der Waals surface area contributed by atoms with E-state index in [9.17, 15) is 0 Å². The molecule has 14 heavy (non-hydrogen) atoms. The van der Waals surface area contributed by atoms with E-state index >= 15 is 0 Å². The average molecular weight is 189 g/mol. The Morgan fingerprint density at radius 3 is 2.29 bits per heavy atom. The van der Waals surface area contributed by atoms with E-state index in [1.54, 1.807) is 13.0 Å². The predicted octanol–water partition coefficient (Wildman–Crippen LogP) is 1.85. The van der Waals surface area contributed by atoms with Crippen LogP contribution in [0.25, 0.3) is 0 Å². The summed E-state index contributed by atoms with van der Waals surface area (Å²) in [7, 11) is 0. The third-order valence-electron chi connectivity index (χ3n) is 1.67. The SMILES string of the molecule is CC(N)=CC(N)=Nc1ccc(C)cc1. The van der Waals surface area contributed by atoms with E-state index in [2.05, 4.69) is 4.99 Å². The highest BCUT2D eigenvalue weighted by Crippen LogP contribution is 2.12. The minimum atomic E-state index is 0.425. The molecule has 0 heterocycles. The maximum atomic E-state index is 5.64. The monoisotopic (exact) mass is 189 g/mol. The standard InChI is InChI=1S/C11H15N3/c1-8-3-5-10(6-4-8)14-11(13)7-9(2)12/h3-7H,12H2,1-2H3,(H2,13,14). The van der Waals surface area contributed by atoms with Crippen LogP contribution in [-0.4, -0.2) is 5.84 Å². The van der Waals surface area contributed by atoms with E-state index in [1.807, 2.05) is 31.2 Å². The minimum absolute atomic E-state index is 0.425. The van der Waals surface area contributed by atoms with Crippen LogP contribution in [-0.2, 0) is 0 Å². The van der Waals surface area contributed by atoms with Crippen LogP contribution in [0, 0.1) is 6.92 Å². The lowest BCUT2D eigenvalue weighted by Gasteiger charge is -1.97. The highest BCUT2D eigenvalue weighted by atomic mass is 14.8. The third kappa shape index (κ3) is 3.31. The Morgan fingerprint density at radius 2 is 1.79 bits per heavy atom. The van der Waals surface area contributed by atoms with E-state index in [4.69, 9.17) is 11.5 Å². The van der Waals surface area contributed by atoms with Crippen molar-refractivity contribution < 1.29 is 0 Å². The molecule has 0 fully saturated rings.